The summed E-state index contributed by atoms with van der Waals surface area (Å²) in [7, 11) is 1.63. The maximum absolute atomic E-state index is 13.0. The van der Waals surface area contributed by atoms with Gasteiger partial charge in [-0.3, -0.25) is 0 Å². The Bertz CT molecular complexity index is 344. The molecule has 1 aromatic heterocycles. The van der Waals surface area contributed by atoms with Crippen molar-refractivity contribution in [3.05, 3.63) is 16.1 Å². The van der Waals surface area contributed by atoms with Crippen LogP contribution in [0.5, 0.6) is 0 Å². The first-order valence-corrected chi connectivity index (χ1v) is 6.30. The molecule has 2 rings (SSSR count). The monoisotopic (exact) mass is 247 g/mol. The topological polar surface area (TPSA) is 22.1 Å². The van der Waals surface area contributed by atoms with Crippen LogP contribution in [0.2, 0.25) is 0 Å². The van der Waals surface area contributed by atoms with Crippen molar-refractivity contribution < 1.29 is 13.5 Å². The first-order chi connectivity index (χ1) is 7.61. The molecule has 16 heavy (non-hydrogen) atoms. The summed E-state index contributed by atoms with van der Waals surface area (Å²) >= 11 is 1.56. The van der Waals surface area contributed by atoms with Crippen molar-refractivity contribution in [1.82, 2.24) is 4.98 Å². The highest BCUT2D eigenvalue weighted by atomic mass is 32.1. The van der Waals surface area contributed by atoms with Crippen LogP contribution in [0.3, 0.4) is 0 Å². The molecule has 0 saturated heterocycles. The number of thiazole rings is 1. The third-order valence-electron chi connectivity index (χ3n) is 2.93. The Morgan fingerprint density at radius 1 is 1.50 bits per heavy atom. The number of rotatable bonds is 3. The van der Waals surface area contributed by atoms with E-state index >= 15 is 0 Å². The average Bonchev–Trinajstić information content (AvgIpc) is 2.67. The Hall–Kier alpha value is -0.550. The quantitative estimate of drug-likeness (QED) is 0.814. The molecule has 0 bridgehead atoms. The Morgan fingerprint density at radius 2 is 2.19 bits per heavy atom. The lowest BCUT2D eigenvalue weighted by Crippen LogP contribution is -2.23. The van der Waals surface area contributed by atoms with Crippen molar-refractivity contribution in [1.29, 1.82) is 0 Å². The van der Waals surface area contributed by atoms with Gasteiger partial charge in [0.1, 0.15) is 0 Å². The molecule has 1 aromatic rings. The zero-order valence-corrected chi connectivity index (χ0v) is 10.0. The van der Waals surface area contributed by atoms with E-state index in [1.165, 1.54) is 0 Å². The molecule has 0 N–H and O–H groups in total. The maximum Gasteiger partial charge on any atom is 0.248 e. The zero-order chi connectivity index (χ0) is 11.6. The van der Waals surface area contributed by atoms with Gasteiger partial charge in [0.15, 0.2) is 0 Å². The summed E-state index contributed by atoms with van der Waals surface area (Å²) in [6.07, 6.45) is 1.09. The highest BCUT2D eigenvalue weighted by Gasteiger charge is 2.36. The smallest absolute Gasteiger partial charge is 0.248 e. The van der Waals surface area contributed by atoms with Crippen molar-refractivity contribution in [2.45, 2.75) is 44.1 Å². The molecule has 0 atom stereocenters. The predicted molar refractivity (Wildman–Crippen MR) is 59.0 cm³/mol. The van der Waals surface area contributed by atoms with Crippen LogP contribution in [0, 0.1) is 0 Å². The van der Waals surface area contributed by atoms with Crippen LogP contribution in [-0.4, -0.2) is 18.0 Å². The second kappa shape index (κ2) is 4.75. The van der Waals surface area contributed by atoms with Gasteiger partial charge < -0.3 is 4.74 Å². The summed E-state index contributed by atoms with van der Waals surface area (Å²) in [6.45, 7) is 0.499. The number of hydrogen-bond donors (Lipinski definition) is 0. The minimum absolute atomic E-state index is 0.00312. The largest absolute Gasteiger partial charge is 0.378 e. The SMILES string of the molecule is COCc1csc(C2CCC(F)(F)CC2)n1. The van der Waals surface area contributed by atoms with Crippen LogP contribution in [0.4, 0.5) is 8.78 Å². The molecule has 1 saturated carbocycles. The van der Waals surface area contributed by atoms with Crippen molar-refractivity contribution in [2.75, 3.05) is 7.11 Å². The molecule has 1 heterocycles. The molecule has 1 aliphatic carbocycles. The van der Waals surface area contributed by atoms with Crippen molar-refractivity contribution in [3.8, 4) is 0 Å². The van der Waals surface area contributed by atoms with Crippen LogP contribution in [0.15, 0.2) is 5.38 Å². The van der Waals surface area contributed by atoms with Gasteiger partial charge in [-0.25, -0.2) is 13.8 Å². The first kappa shape index (κ1) is 11.9. The van der Waals surface area contributed by atoms with Gasteiger partial charge in [0, 0.05) is 31.2 Å². The number of nitrogens with zero attached hydrogens (tertiary/aromatic N) is 1. The lowest BCUT2D eigenvalue weighted by molar-refractivity contribution is -0.0382. The van der Waals surface area contributed by atoms with E-state index in [9.17, 15) is 8.78 Å². The van der Waals surface area contributed by atoms with Crippen LogP contribution in [-0.2, 0) is 11.3 Å². The van der Waals surface area contributed by atoms with Crippen LogP contribution in [0.25, 0.3) is 0 Å². The number of alkyl halides is 2. The molecule has 1 aliphatic rings. The van der Waals surface area contributed by atoms with Gasteiger partial charge in [-0.15, -0.1) is 11.3 Å². The molecular formula is C11H15F2NOS. The minimum Gasteiger partial charge on any atom is -0.378 e. The van der Waals surface area contributed by atoms with E-state index in [4.69, 9.17) is 4.74 Å². The third kappa shape index (κ3) is 2.77. The van der Waals surface area contributed by atoms with Crippen LogP contribution in [0.1, 0.15) is 42.3 Å². The van der Waals surface area contributed by atoms with E-state index in [2.05, 4.69) is 4.98 Å². The van der Waals surface area contributed by atoms with Gasteiger partial charge in [0.25, 0.3) is 0 Å². The fraction of sp³-hybridized carbons (Fsp3) is 0.727. The van der Waals surface area contributed by atoms with Gasteiger partial charge in [0.05, 0.1) is 17.3 Å². The van der Waals surface area contributed by atoms with E-state index in [-0.39, 0.29) is 18.8 Å². The number of halogens is 2. The average molecular weight is 247 g/mol. The standard InChI is InChI=1S/C11H15F2NOS/c1-15-6-9-7-16-10(14-9)8-2-4-11(12,13)5-3-8/h7-8H,2-6H2,1H3. The minimum atomic E-state index is -2.46. The predicted octanol–water partition coefficient (Wildman–Crippen LogP) is 3.58. The van der Waals surface area contributed by atoms with E-state index in [1.807, 2.05) is 5.38 Å². The van der Waals surface area contributed by atoms with Gasteiger partial charge in [-0.1, -0.05) is 0 Å². The fourth-order valence-corrected chi connectivity index (χ4v) is 2.99. The normalized spacial score (nSPS) is 21.2. The van der Waals surface area contributed by atoms with Gasteiger partial charge in [-0.2, -0.15) is 0 Å². The molecule has 0 spiro atoms. The van der Waals surface area contributed by atoms with Gasteiger partial charge >= 0.3 is 0 Å². The summed E-state index contributed by atoms with van der Waals surface area (Å²) in [5.74, 6) is -2.24. The van der Waals surface area contributed by atoms with Crippen molar-refractivity contribution in [3.63, 3.8) is 0 Å². The Labute approximate surface area is 97.6 Å². The molecular weight excluding hydrogens is 232 g/mol. The van der Waals surface area contributed by atoms with E-state index in [1.54, 1.807) is 18.4 Å². The van der Waals surface area contributed by atoms with E-state index < -0.39 is 5.92 Å². The van der Waals surface area contributed by atoms with Crippen LogP contribution >= 0.6 is 11.3 Å². The van der Waals surface area contributed by atoms with Crippen molar-refractivity contribution >= 4 is 11.3 Å². The Kier molecular flexibility index (Phi) is 3.54. The number of methoxy groups -OCH3 is 1. The van der Waals surface area contributed by atoms with Gasteiger partial charge in [0.2, 0.25) is 5.92 Å². The Morgan fingerprint density at radius 3 is 2.81 bits per heavy atom. The third-order valence-corrected chi connectivity index (χ3v) is 3.98. The molecule has 0 radical (unpaired) electrons. The molecule has 0 aromatic carbocycles. The lowest BCUT2D eigenvalue weighted by atomic mass is 9.87. The second-order valence-electron chi connectivity index (χ2n) is 4.24. The summed E-state index contributed by atoms with van der Waals surface area (Å²) in [5, 5.41) is 2.94. The first-order valence-electron chi connectivity index (χ1n) is 5.42. The molecule has 0 amide bonds. The Balaban J connectivity index is 1.97. The highest BCUT2D eigenvalue weighted by Crippen LogP contribution is 2.41. The van der Waals surface area contributed by atoms with Crippen molar-refractivity contribution in [2.24, 2.45) is 0 Å². The summed E-state index contributed by atoms with van der Waals surface area (Å²) < 4.78 is 31.0. The molecule has 0 unspecified atom stereocenters. The maximum atomic E-state index is 13.0. The highest BCUT2D eigenvalue weighted by molar-refractivity contribution is 7.09. The molecule has 2 nitrogen and oxygen atoms in total. The fourth-order valence-electron chi connectivity index (χ4n) is 2.01. The zero-order valence-electron chi connectivity index (χ0n) is 9.21. The molecule has 0 aliphatic heterocycles. The van der Waals surface area contributed by atoms with Crippen LogP contribution < -0.4 is 0 Å². The number of hydrogen-bond acceptors (Lipinski definition) is 3. The summed E-state index contributed by atoms with van der Waals surface area (Å²) in [5.41, 5.74) is 0.903. The summed E-state index contributed by atoms with van der Waals surface area (Å²) in [6, 6.07) is 0. The molecule has 90 valence electrons. The molecule has 5 heteroatoms. The van der Waals surface area contributed by atoms with E-state index in [0.717, 1.165) is 10.7 Å². The molecule has 1 fully saturated rings. The van der Waals surface area contributed by atoms with E-state index in [0.29, 0.717) is 19.4 Å². The van der Waals surface area contributed by atoms with Gasteiger partial charge in [-0.05, 0) is 12.8 Å². The number of aromatic nitrogens is 1. The lowest BCUT2D eigenvalue weighted by Gasteiger charge is -2.26. The number of ether oxygens (including phenoxy) is 1. The summed E-state index contributed by atoms with van der Waals surface area (Å²) in [4.78, 5) is 4.42. The second-order valence-corrected chi connectivity index (χ2v) is 5.13.